The van der Waals surface area contributed by atoms with Gasteiger partial charge in [0.1, 0.15) is 35.9 Å². The Hall–Kier alpha value is -3.92. The zero-order valence-corrected chi connectivity index (χ0v) is 32.5. The first kappa shape index (κ1) is 39.8. The van der Waals surface area contributed by atoms with E-state index in [0.29, 0.717) is 17.9 Å². The first-order valence-electron chi connectivity index (χ1n) is 17.5. The number of benzene rings is 3. The molecule has 0 bridgehead atoms. The van der Waals surface area contributed by atoms with Gasteiger partial charge in [-0.2, -0.15) is 4.98 Å². The number of hydrogen-bond donors (Lipinski definition) is 1. The van der Waals surface area contributed by atoms with Gasteiger partial charge in [-0.05, 0) is 35.2 Å². The summed E-state index contributed by atoms with van der Waals surface area (Å²) in [6.07, 6.45) is -1.31. The van der Waals surface area contributed by atoms with Crippen LogP contribution < -0.4 is 15.7 Å². The van der Waals surface area contributed by atoms with Gasteiger partial charge in [0.05, 0.1) is 20.3 Å². The van der Waals surface area contributed by atoms with Crippen molar-refractivity contribution in [3.8, 4) is 5.75 Å². The molecule has 54 heavy (non-hydrogen) atoms. The molecular formula is C38H45N4O10PS. The van der Waals surface area contributed by atoms with Gasteiger partial charge in [0.15, 0.2) is 11.3 Å². The maximum Gasteiger partial charge on any atom is 0.354 e. The fraction of sp³-hybridized carbons (Fsp3) is 0.421. The highest BCUT2D eigenvalue weighted by Crippen LogP contribution is 2.42. The largest absolute Gasteiger partial charge is 0.497 e. The standard InChI is InChI=1S/C38H45N4O10PS/c1-6-37(2,3)33(43)54-22-21-48-53(45)49-23-29-30-31(52-36(47-5)51-30)32(50-29)42-24-39-34(40-35(42)44)41-38(25-13-9-7-10-14-25,26-15-11-8-12-16-26)27-17-19-28(46-4)20-18-27/h7-20,24,29-32,36,53H,6,21-23H2,1-5H3,(H,40,41,44). The third-order valence-corrected chi connectivity index (χ3v) is 11.6. The summed E-state index contributed by atoms with van der Waals surface area (Å²) in [6.45, 7) is 4.59. The molecule has 0 amide bonds. The molecule has 14 nitrogen and oxygen atoms in total. The number of rotatable bonds is 17. The van der Waals surface area contributed by atoms with Gasteiger partial charge in [-0.25, -0.2) is 9.78 Å². The Morgan fingerprint density at radius 2 is 1.54 bits per heavy atom. The van der Waals surface area contributed by atoms with Gasteiger partial charge in [-0.3, -0.25) is 13.9 Å². The van der Waals surface area contributed by atoms with Gasteiger partial charge in [0, 0.05) is 18.3 Å². The molecule has 0 radical (unpaired) electrons. The Morgan fingerprint density at radius 1 is 0.907 bits per heavy atom. The van der Waals surface area contributed by atoms with Crippen molar-refractivity contribution in [2.24, 2.45) is 5.41 Å². The Kier molecular flexibility index (Phi) is 13.0. The zero-order valence-electron chi connectivity index (χ0n) is 30.7. The summed E-state index contributed by atoms with van der Waals surface area (Å²) in [5.74, 6) is 1.10. The first-order chi connectivity index (χ1) is 26.1. The van der Waals surface area contributed by atoms with Crippen LogP contribution in [0.2, 0.25) is 0 Å². The van der Waals surface area contributed by atoms with Crippen LogP contribution in [0, 0.1) is 5.41 Å². The van der Waals surface area contributed by atoms with Gasteiger partial charge in [-0.1, -0.05) is 105 Å². The lowest BCUT2D eigenvalue weighted by Crippen LogP contribution is -2.40. The minimum atomic E-state index is -2.94. The summed E-state index contributed by atoms with van der Waals surface area (Å²) >= 11 is 1.14. The number of methoxy groups -OCH3 is 2. The van der Waals surface area contributed by atoms with Crippen LogP contribution in [0.5, 0.6) is 5.75 Å². The van der Waals surface area contributed by atoms with E-state index in [9.17, 15) is 14.2 Å². The van der Waals surface area contributed by atoms with Crippen LogP contribution in [0.3, 0.4) is 0 Å². The molecule has 288 valence electrons. The van der Waals surface area contributed by atoms with E-state index in [4.69, 9.17) is 32.7 Å². The minimum Gasteiger partial charge on any atom is -0.497 e. The summed E-state index contributed by atoms with van der Waals surface area (Å²) in [4.78, 5) is 35.1. The molecule has 1 N–H and O–H groups in total. The number of aromatic nitrogens is 3. The van der Waals surface area contributed by atoms with E-state index in [1.54, 1.807) is 7.11 Å². The lowest BCUT2D eigenvalue weighted by atomic mass is 9.77. The van der Waals surface area contributed by atoms with Gasteiger partial charge < -0.3 is 38.0 Å². The average molecular weight is 781 g/mol. The number of carbonyl (C=O) groups excluding carboxylic acids is 1. The summed E-state index contributed by atoms with van der Waals surface area (Å²) in [6, 6.07) is 27.3. The van der Waals surface area contributed by atoms with E-state index in [1.807, 2.05) is 106 Å². The molecule has 2 aliphatic heterocycles. The van der Waals surface area contributed by atoms with Gasteiger partial charge in [-0.15, -0.1) is 0 Å². The number of ether oxygens (including phenoxy) is 5. The van der Waals surface area contributed by atoms with E-state index in [0.717, 1.165) is 28.5 Å². The Bertz CT molecular complexity index is 1900. The monoisotopic (exact) mass is 780 g/mol. The lowest BCUT2D eigenvalue weighted by Gasteiger charge is -2.37. The molecule has 6 rings (SSSR count). The van der Waals surface area contributed by atoms with Crippen molar-refractivity contribution in [1.29, 1.82) is 0 Å². The number of carbonyl (C=O) groups is 1. The van der Waals surface area contributed by atoms with E-state index >= 15 is 0 Å². The van der Waals surface area contributed by atoms with Crippen molar-refractivity contribution < 1.29 is 42.1 Å². The van der Waals surface area contributed by atoms with E-state index in [1.165, 1.54) is 18.0 Å². The van der Waals surface area contributed by atoms with E-state index in [-0.39, 0.29) is 24.3 Å². The summed E-state index contributed by atoms with van der Waals surface area (Å²) in [5.41, 5.74) is 0.505. The summed E-state index contributed by atoms with van der Waals surface area (Å²) in [5, 5.41) is 3.55. The van der Waals surface area contributed by atoms with Crippen LogP contribution in [0.25, 0.3) is 0 Å². The van der Waals surface area contributed by atoms with Crippen LogP contribution in [-0.4, -0.2) is 77.6 Å². The number of nitrogens with zero attached hydrogens (tertiary/aromatic N) is 3. The van der Waals surface area contributed by atoms with Crippen LogP contribution in [0.4, 0.5) is 5.95 Å². The smallest absolute Gasteiger partial charge is 0.354 e. The Balaban J connectivity index is 1.21. The summed E-state index contributed by atoms with van der Waals surface area (Å²) in [7, 11) is 0.0988. The third-order valence-electron chi connectivity index (χ3n) is 9.59. The fourth-order valence-corrected chi connectivity index (χ4v) is 7.93. The molecule has 0 aliphatic carbocycles. The molecule has 2 fully saturated rings. The second-order valence-electron chi connectivity index (χ2n) is 13.3. The molecule has 6 unspecified atom stereocenters. The van der Waals surface area contributed by atoms with Crippen molar-refractivity contribution in [2.45, 2.75) is 63.7 Å². The molecule has 1 aromatic heterocycles. The Morgan fingerprint density at radius 3 is 2.13 bits per heavy atom. The molecule has 2 aliphatic rings. The van der Waals surface area contributed by atoms with Gasteiger partial charge >= 0.3 is 13.9 Å². The zero-order chi connectivity index (χ0) is 38.3. The van der Waals surface area contributed by atoms with Crippen LogP contribution in [0.1, 0.15) is 50.1 Å². The predicted octanol–water partition coefficient (Wildman–Crippen LogP) is 5.78. The number of thioether (sulfide) groups is 1. The van der Waals surface area contributed by atoms with Crippen molar-refractivity contribution in [2.75, 3.05) is 38.5 Å². The number of nitrogens with one attached hydrogen (secondary N) is 1. The average Bonchev–Trinajstić information content (AvgIpc) is 3.78. The SMILES string of the molecule is CCC(C)(C)C(=O)SCCO[PH](=O)OCC1OC(n2cnc(NC(c3ccccc3)(c3ccccc3)c3ccc(OC)cc3)nc2=O)C2OC(OC)OC12. The quantitative estimate of drug-likeness (QED) is 0.0781. The molecule has 6 atom stereocenters. The summed E-state index contributed by atoms with van der Waals surface area (Å²) < 4.78 is 53.5. The van der Waals surface area contributed by atoms with Gasteiger partial charge in [0.2, 0.25) is 5.95 Å². The molecule has 16 heteroatoms. The highest BCUT2D eigenvalue weighted by molar-refractivity contribution is 8.13. The van der Waals surface area contributed by atoms with E-state index in [2.05, 4.69) is 15.3 Å². The fourth-order valence-electron chi connectivity index (χ4n) is 6.25. The van der Waals surface area contributed by atoms with Crippen molar-refractivity contribution >= 4 is 31.1 Å². The second kappa shape index (κ2) is 17.7. The molecule has 3 aromatic carbocycles. The van der Waals surface area contributed by atoms with Crippen molar-refractivity contribution in [3.63, 3.8) is 0 Å². The number of anilines is 1. The maximum absolute atomic E-state index is 13.8. The minimum absolute atomic E-state index is 0.0451. The molecule has 2 saturated heterocycles. The van der Waals surface area contributed by atoms with Gasteiger partial charge in [0.25, 0.3) is 6.48 Å². The topological polar surface area (TPSA) is 159 Å². The molecule has 4 aromatic rings. The van der Waals surface area contributed by atoms with Crippen LogP contribution in [-0.2, 0) is 42.9 Å². The first-order valence-corrected chi connectivity index (χ1v) is 19.8. The normalized spacial score (nSPS) is 21.8. The predicted molar refractivity (Wildman–Crippen MR) is 203 cm³/mol. The molecule has 3 heterocycles. The molecule has 0 saturated carbocycles. The van der Waals surface area contributed by atoms with Crippen molar-refractivity contribution in [3.05, 3.63) is 118 Å². The van der Waals surface area contributed by atoms with Crippen LogP contribution in [0.15, 0.2) is 96.1 Å². The highest BCUT2D eigenvalue weighted by atomic mass is 32.2. The molecule has 0 spiro atoms. The van der Waals surface area contributed by atoms with Crippen molar-refractivity contribution in [1.82, 2.24) is 14.5 Å². The van der Waals surface area contributed by atoms with E-state index < -0.39 is 55.9 Å². The number of fused-ring (bicyclic) bond motifs is 1. The maximum atomic E-state index is 13.8. The third kappa shape index (κ3) is 8.64. The molecular weight excluding hydrogens is 735 g/mol. The number of hydrogen-bond acceptors (Lipinski definition) is 14. The second-order valence-corrected chi connectivity index (χ2v) is 15.4. The lowest BCUT2D eigenvalue weighted by molar-refractivity contribution is -0.256. The highest BCUT2D eigenvalue weighted by Gasteiger charge is 2.54. The Labute approximate surface area is 318 Å². The van der Waals surface area contributed by atoms with Crippen LogP contribution >= 0.6 is 20.0 Å².